The van der Waals surface area contributed by atoms with Gasteiger partial charge in [-0.3, -0.25) is 0 Å². The Morgan fingerprint density at radius 3 is 2.33 bits per heavy atom. The van der Waals surface area contributed by atoms with E-state index in [1.54, 1.807) is 14.2 Å². The number of hydrogen-bond acceptors (Lipinski definition) is 2. The predicted molar refractivity (Wildman–Crippen MR) is 63.1 cm³/mol. The third-order valence-electron chi connectivity index (χ3n) is 3.75. The minimum Gasteiger partial charge on any atom is -0.382 e. The van der Waals surface area contributed by atoms with Crippen LogP contribution in [0.4, 0.5) is 0 Å². The van der Waals surface area contributed by atoms with Gasteiger partial charge in [0.25, 0.3) is 0 Å². The van der Waals surface area contributed by atoms with Gasteiger partial charge < -0.3 is 9.47 Å². The zero-order valence-electron chi connectivity index (χ0n) is 10.6. The second kappa shape index (κ2) is 6.49. The summed E-state index contributed by atoms with van der Waals surface area (Å²) in [7, 11) is 3.54. The molecule has 2 heteroatoms. The third kappa shape index (κ3) is 4.52. The van der Waals surface area contributed by atoms with Gasteiger partial charge in [-0.1, -0.05) is 32.1 Å². The lowest BCUT2D eigenvalue weighted by Gasteiger charge is -2.30. The van der Waals surface area contributed by atoms with E-state index in [1.807, 2.05) is 0 Å². The van der Waals surface area contributed by atoms with Gasteiger partial charge in [-0.25, -0.2) is 0 Å². The molecule has 0 saturated heterocycles. The Bertz CT molecular complexity index is 164. The Morgan fingerprint density at radius 2 is 1.80 bits per heavy atom. The fraction of sp³-hybridized carbons (Fsp3) is 1.00. The summed E-state index contributed by atoms with van der Waals surface area (Å²) in [4.78, 5) is 0. The fourth-order valence-corrected chi connectivity index (χ4v) is 2.52. The van der Waals surface area contributed by atoms with Gasteiger partial charge in [0, 0.05) is 14.2 Å². The molecule has 0 aromatic heterocycles. The van der Waals surface area contributed by atoms with Crippen LogP contribution in [-0.4, -0.2) is 26.4 Å². The number of methoxy groups -OCH3 is 2. The van der Waals surface area contributed by atoms with E-state index in [-0.39, 0.29) is 5.60 Å². The van der Waals surface area contributed by atoms with Gasteiger partial charge >= 0.3 is 0 Å². The summed E-state index contributed by atoms with van der Waals surface area (Å²) in [6, 6.07) is 0. The van der Waals surface area contributed by atoms with Gasteiger partial charge in [0.05, 0.1) is 12.2 Å². The summed E-state index contributed by atoms with van der Waals surface area (Å²) in [5, 5.41) is 0. The van der Waals surface area contributed by atoms with Crippen molar-refractivity contribution in [1.29, 1.82) is 0 Å². The molecule has 1 fully saturated rings. The van der Waals surface area contributed by atoms with Crippen LogP contribution in [-0.2, 0) is 9.47 Å². The maximum absolute atomic E-state index is 5.54. The maximum Gasteiger partial charge on any atom is 0.0883 e. The van der Waals surface area contributed by atoms with Crippen molar-refractivity contribution in [3.63, 3.8) is 0 Å². The minimum atomic E-state index is -0.0772. The molecule has 90 valence electrons. The molecule has 0 aromatic rings. The van der Waals surface area contributed by atoms with Gasteiger partial charge in [-0.15, -0.1) is 0 Å². The van der Waals surface area contributed by atoms with E-state index in [4.69, 9.17) is 9.47 Å². The summed E-state index contributed by atoms with van der Waals surface area (Å²) >= 11 is 0. The average molecular weight is 214 g/mol. The van der Waals surface area contributed by atoms with E-state index < -0.39 is 0 Å². The summed E-state index contributed by atoms with van der Waals surface area (Å²) in [6.45, 7) is 2.86. The Balaban J connectivity index is 2.25. The van der Waals surface area contributed by atoms with Gasteiger partial charge in [0.1, 0.15) is 0 Å². The average Bonchev–Trinajstić information content (AvgIpc) is 2.28. The molecule has 1 atom stereocenters. The largest absolute Gasteiger partial charge is 0.382 e. The van der Waals surface area contributed by atoms with Crippen LogP contribution in [0.2, 0.25) is 0 Å². The molecule has 1 aliphatic rings. The van der Waals surface area contributed by atoms with Crippen LogP contribution in [0.25, 0.3) is 0 Å². The molecule has 1 saturated carbocycles. The topological polar surface area (TPSA) is 18.5 Å². The highest BCUT2D eigenvalue weighted by atomic mass is 16.5. The molecule has 15 heavy (non-hydrogen) atoms. The molecule has 1 aliphatic carbocycles. The Labute approximate surface area is 94.3 Å². The van der Waals surface area contributed by atoms with Crippen LogP contribution in [0.15, 0.2) is 0 Å². The zero-order valence-corrected chi connectivity index (χ0v) is 10.6. The molecular formula is C13H26O2. The maximum atomic E-state index is 5.54. The Kier molecular flexibility index (Phi) is 5.62. The van der Waals surface area contributed by atoms with Gasteiger partial charge in [-0.05, 0) is 25.7 Å². The van der Waals surface area contributed by atoms with Crippen molar-refractivity contribution in [2.24, 2.45) is 5.92 Å². The second-order valence-corrected chi connectivity index (χ2v) is 5.13. The lowest BCUT2D eigenvalue weighted by molar-refractivity contribution is -0.0598. The first-order valence-corrected chi connectivity index (χ1v) is 6.24. The Hall–Kier alpha value is -0.0800. The highest BCUT2D eigenvalue weighted by molar-refractivity contribution is 4.77. The van der Waals surface area contributed by atoms with E-state index in [9.17, 15) is 0 Å². The van der Waals surface area contributed by atoms with Crippen molar-refractivity contribution in [3.8, 4) is 0 Å². The monoisotopic (exact) mass is 214 g/mol. The van der Waals surface area contributed by atoms with Crippen molar-refractivity contribution in [2.45, 2.75) is 57.5 Å². The quantitative estimate of drug-likeness (QED) is 0.674. The van der Waals surface area contributed by atoms with Crippen LogP contribution >= 0.6 is 0 Å². The standard InChI is InChI=1S/C13H26O2/c1-13(15-3,11-14-2)10-9-12-7-5-4-6-8-12/h12H,4-11H2,1-3H3. The van der Waals surface area contributed by atoms with Crippen LogP contribution in [0.3, 0.4) is 0 Å². The third-order valence-corrected chi connectivity index (χ3v) is 3.75. The molecule has 0 amide bonds. The first kappa shape index (κ1) is 13.0. The van der Waals surface area contributed by atoms with E-state index in [0.29, 0.717) is 6.61 Å². The van der Waals surface area contributed by atoms with Crippen molar-refractivity contribution < 1.29 is 9.47 Å². The fourth-order valence-electron chi connectivity index (χ4n) is 2.52. The minimum absolute atomic E-state index is 0.0772. The van der Waals surface area contributed by atoms with Gasteiger partial charge in [0.2, 0.25) is 0 Å². The highest BCUT2D eigenvalue weighted by Gasteiger charge is 2.25. The zero-order chi connectivity index (χ0) is 11.1. The lowest BCUT2D eigenvalue weighted by atomic mass is 9.83. The molecule has 0 spiro atoms. The first-order chi connectivity index (χ1) is 7.20. The van der Waals surface area contributed by atoms with Gasteiger partial charge in [0.15, 0.2) is 0 Å². The lowest BCUT2D eigenvalue weighted by Crippen LogP contribution is -2.33. The number of hydrogen-bond donors (Lipinski definition) is 0. The van der Waals surface area contributed by atoms with E-state index in [1.165, 1.54) is 38.5 Å². The van der Waals surface area contributed by atoms with Crippen LogP contribution < -0.4 is 0 Å². The molecule has 0 radical (unpaired) electrons. The van der Waals surface area contributed by atoms with Crippen LogP contribution in [0.5, 0.6) is 0 Å². The van der Waals surface area contributed by atoms with Crippen molar-refractivity contribution >= 4 is 0 Å². The normalized spacial score (nSPS) is 22.6. The number of rotatable bonds is 6. The van der Waals surface area contributed by atoms with Gasteiger partial charge in [-0.2, -0.15) is 0 Å². The smallest absolute Gasteiger partial charge is 0.0883 e. The molecule has 0 aromatic carbocycles. The Morgan fingerprint density at radius 1 is 1.13 bits per heavy atom. The molecule has 1 rings (SSSR count). The molecule has 0 bridgehead atoms. The van der Waals surface area contributed by atoms with Crippen LogP contribution in [0, 0.1) is 5.92 Å². The second-order valence-electron chi connectivity index (χ2n) is 5.13. The summed E-state index contributed by atoms with van der Waals surface area (Å²) in [6.07, 6.45) is 9.57. The molecule has 0 aliphatic heterocycles. The SMILES string of the molecule is COCC(C)(CCC1CCCCC1)OC. The molecule has 0 heterocycles. The summed E-state index contributed by atoms with van der Waals surface area (Å²) < 4.78 is 10.8. The molecule has 0 N–H and O–H groups in total. The van der Waals surface area contributed by atoms with E-state index in [2.05, 4.69) is 6.92 Å². The van der Waals surface area contributed by atoms with E-state index in [0.717, 1.165) is 12.3 Å². The summed E-state index contributed by atoms with van der Waals surface area (Å²) in [5.74, 6) is 0.935. The van der Waals surface area contributed by atoms with E-state index >= 15 is 0 Å². The summed E-state index contributed by atoms with van der Waals surface area (Å²) in [5.41, 5.74) is -0.0772. The first-order valence-electron chi connectivity index (χ1n) is 6.24. The molecular weight excluding hydrogens is 188 g/mol. The molecule has 1 unspecified atom stereocenters. The van der Waals surface area contributed by atoms with Crippen molar-refractivity contribution in [2.75, 3.05) is 20.8 Å². The number of ether oxygens (including phenoxy) is 2. The molecule has 2 nitrogen and oxygen atoms in total. The van der Waals surface area contributed by atoms with Crippen molar-refractivity contribution in [1.82, 2.24) is 0 Å². The highest BCUT2D eigenvalue weighted by Crippen LogP contribution is 2.30. The predicted octanol–water partition coefficient (Wildman–Crippen LogP) is 3.40. The van der Waals surface area contributed by atoms with Crippen molar-refractivity contribution in [3.05, 3.63) is 0 Å². The van der Waals surface area contributed by atoms with Crippen LogP contribution in [0.1, 0.15) is 51.9 Å².